The number of hydrogen-bond acceptors (Lipinski definition) is 4. The van der Waals surface area contributed by atoms with E-state index in [0.717, 1.165) is 39.3 Å². The van der Waals surface area contributed by atoms with Crippen molar-refractivity contribution in [2.75, 3.05) is 20.8 Å². The van der Waals surface area contributed by atoms with Crippen molar-refractivity contribution in [1.29, 1.82) is 0 Å². The average molecular weight is 408 g/mol. The molecule has 4 nitrogen and oxygen atoms in total. The number of carbonyl (C=O) groups excluding carboxylic acids is 1. The van der Waals surface area contributed by atoms with Crippen molar-refractivity contribution in [3.05, 3.63) is 80.5 Å². The molecule has 0 N–H and O–H groups in total. The molecule has 4 rings (SSSR count). The number of thiophene rings is 1. The first-order chi connectivity index (χ1) is 14.0. The summed E-state index contributed by atoms with van der Waals surface area (Å²) in [7, 11) is 3.30. The summed E-state index contributed by atoms with van der Waals surface area (Å²) in [5.74, 6) is 1.49. The molecule has 150 valence electrons. The third kappa shape index (κ3) is 3.51. The number of methoxy groups -OCH3 is 2. The Kier molecular flexibility index (Phi) is 5.33. The minimum Gasteiger partial charge on any atom is -0.493 e. The highest BCUT2D eigenvalue weighted by Crippen LogP contribution is 2.42. The molecular formula is C24H25NO3S. The van der Waals surface area contributed by atoms with Crippen LogP contribution in [0.2, 0.25) is 0 Å². The minimum atomic E-state index is -0.133. The Morgan fingerprint density at radius 2 is 1.83 bits per heavy atom. The number of benzene rings is 2. The van der Waals surface area contributed by atoms with Crippen LogP contribution in [-0.4, -0.2) is 31.6 Å². The van der Waals surface area contributed by atoms with Crippen molar-refractivity contribution in [2.24, 2.45) is 0 Å². The lowest BCUT2D eigenvalue weighted by Crippen LogP contribution is -2.40. The largest absolute Gasteiger partial charge is 0.493 e. The second kappa shape index (κ2) is 7.91. The second-order valence-corrected chi connectivity index (χ2v) is 8.37. The van der Waals surface area contributed by atoms with Crippen LogP contribution >= 0.6 is 11.3 Å². The molecule has 1 aliphatic rings. The van der Waals surface area contributed by atoms with Crippen LogP contribution in [-0.2, 0) is 6.42 Å². The predicted octanol–water partition coefficient (Wildman–Crippen LogP) is 5.17. The van der Waals surface area contributed by atoms with Gasteiger partial charge in [-0.3, -0.25) is 4.79 Å². The van der Waals surface area contributed by atoms with Gasteiger partial charge in [0.15, 0.2) is 11.5 Å². The van der Waals surface area contributed by atoms with Crippen LogP contribution in [0.1, 0.15) is 43.5 Å². The van der Waals surface area contributed by atoms with Gasteiger partial charge in [-0.2, -0.15) is 0 Å². The van der Waals surface area contributed by atoms with E-state index in [9.17, 15) is 4.79 Å². The zero-order valence-electron chi connectivity index (χ0n) is 17.2. The Balaban J connectivity index is 1.84. The SMILES string of the molecule is COc1cc2c(cc1OC)C(c1cccs1)N(C(=O)c1cc(C)ccc1C)CC2. The van der Waals surface area contributed by atoms with E-state index in [-0.39, 0.29) is 11.9 Å². The topological polar surface area (TPSA) is 38.8 Å². The minimum absolute atomic E-state index is 0.0741. The van der Waals surface area contributed by atoms with Gasteiger partial charge in [-0.1, -0.05) is 23.8 Å². The van der Waals surface area contributed by atoms with Crippen molar-refractivity contribution in [3.63, 3.8) is 0 Å². The monoisotopic (exact) mass is 407 g/mol. The summed E-state index contributed by atoms with van der Waals surface area (Å²) < 4.78 is 11.1. The second-order valence-electron chi connectivity index (χ2n) is 7.39. The lowest BCUT2D eigenvalue weighted by atomic mass is 9.90. The fourth-order valence-electron chi connectivity index (χ4n) is 4.04. The van der Waals surface area contributed by atoms with Crippen LogP contribution in [0.3, 0.4) is 0 Å². The van der Waals surface area contributed by atoms with Crippen molar-refractivity contribution < 1.29 is 14.3 Å². The van der Waals surface area contributed by atoms with Crippen molar-refractivity contribution in [2.45, 2.75) is 26.3 Å². The van der Waals surface area contributed by atoms with Gasteiger partial charge in [0.2, 0.25) is 0 Å². The number of fused-ring (bicyclic) bond motifs is 1. The molecule has 2 aromatic carbocycles. The zero-order valence-corrected chi connectivity index (χ0v) is 18.0. The van der Waals surface area contributed by atoms with Gasteiger partial charge < -0.3 is 14.4 Å². The molecule has 0 saturated heterocycles. The summed E-state index contributed by atoms with van der Waals surface area (Å²) in [6.45, 7) is 4.69. The van der Waals surface area contributed by atoms with Crippen molar-refractivity contribution in [1.82, 2.24) is 4.90 Å². The van der Waals surface area contributed by atoms with E-state index in [1.807, 2.05) is 49.1 Å². The van der Waals surface area contributed by atoms with Crippen LogP contribution in [0.25, 0.3) is 0 Å². The predicted molar refractivity (Wildman–Crippen MR) is 116 cm³/mol. The van der Waals surface area contributed by atoms with Gasteiger partial charge in [-0.15, -0.1) is 11.3 Å². The van der Waals surface area contributed by atoms with Crippen LogP contribution < -0.4 is 9.47 Å². The molecule has 2 heterocycles. The molecule has 1 aliphatic heterocycles. The van der Waals surface area contributed by atoms with E-state index in [4.69, 9.17) is 9.47 Å². The maximum Gasteiger partial charge on any atom is 0.254 e. The first-order valence-corrected chi connectivity index (χ1v) is 10.6. The van der Waals surface area contributed by atoms with E-state index in [1.165, 1.54) is 5.56 Å². The van der Waals surface area contributed by atoms with Crippen LogP contribution in [0, 0.1) is 13.8 Å². The summed E-state index contributed by atoms with van der Waals surface area (Å²) >= 11 is 1.67. The Morgan fingerprint density at radius 3 is 2.52 bits per heavy atom. The first kappa shape index (κ1) is 19.5. The molecule has 0 aliphatic carbocycles. The maximum atomic E-state index is 13.6. The third-order valence-electron chi connectivity index (χ3n) is 5.57. The molecule has 0 spiro atoms. The molecule has 0 bridgehead atoms. The Morgan fingerprint density at radius 1 is 1.07 bits per heavy atom. The van der Waals surface area contributed by atoms with Gasteiger partial charge in [0.25, 0.3) is 5.91 Å². The molecule has 1 aromatic heterocycles. The van der Waals surface area contributed by atoms with E-state index in [0.29, 0.717) is 12.3 Å². The Hall–Kier alpha value is -2.79. The van der Waals surface area contributed by atoms with Gasteiger partial charge >= 0.3 is 0 Å². The lowest BCUT2D eigenvalue weighted by Gasteiger charge is -2.37. The fourth-order valence-corrected chi connectivity index (χ4v) is 4.89. The quantitative estimate of drug-likeness (QED) is 0.599. The number of rotatable bonds is 4. The van der Waals surface area contributed by atoms with Gasteiger partial charge in [0.05, 0.1) is 20.3 Å². The molecule has 1 amide bonds. The molecule has 29 heavy (non-hydrogen) atoms. The Labute approximate surface area is 175 Å². The number of hydrogen-bond donors (Lipinski definition) is 0. The smallest absolute Gasteiger partial charge is 0.254 e. The van der Waals surface area contributed by atoms with Crippen LogP contribution in [0.4, 0.5) is 0 Å². The lowest BCUT2D eigenvalue weighted by molar-refractivity contribution is 0.0696. The molecular weight excluding hydrogens is 382 g/mol. The highest BCUT2D eigenvalue weighted by atomic mass is 32.1. The first-order valence-electron chi connectivity index (χ1n) is 9.70. The summed E-state index contributed by atoms with van der Waals surface area (Å²) in [6, 6.07) is 14.1. The fraction of sp³-hybridized carbons (Fsp3) is 0.292. The molecule has 1 unspecified atom stereocenters. The summed E-state index contributed by atoms with van der Waals surface area (Å²) in [4.78, 5) is 16.8. The van der Waals surface area contributed by atoms with Crippen molar-refractivity contribution in [3.8, 4) is 11.5 Å². The van der Waals surface area contributed by atoms with E-state index >= 15 is 0 Å². The summed E-state index contributed by atoms with van der Waals surface area (Å²) in [5.41, 5.74) is 5.18. The zero-order chi connectivity index (χ0) is 20.5. The van der Waals surface area contributed by atoms with E-state index in [1.54, 1.807) is 25.6 Å². The number of carbonyl (C=O) groups is 1. The Bertz CT molecular complexity index is 1040. The van der Waals surface area contributed by atoms with Crippen molar-refractivity contribution >= 4 is 17.2 Å². The standard InChI is InChI=1S/C24H25NO3S/c1-15-7-8-16(2)18(12-15)24(26)25-10-9-17-13-20(27-3)21(28-4)14-19(17)23(25)22-6-5-11-29-22/h5-8,11-14,23H,9-10H2,1-4H3. The highest BCUT2D eigenvalue weighted by Gasteiger charge is 2.34. The highest BCUT2D eigenvalue weighted by molar-refractivity contribution is 7.10. The number of nitrogens with zero attached hydrogens (tertiary/aromatic N) is 1. The molecule has 0 saturated carbocycles. The molecule has 0 fully saturated rings. The van der Waals surface area contributed by atoms with Gasteiger partial charge in [0, 0.05) is 17.0 Å². The van der Waals surface area contributed by atoms with Crippen LogP contribution in [0.15, 0.2) is 47.8 Å². The van der Waals surface area contributed by atoms with E-state index in [2.05, 4.69) is 17.5 Å². The van der Waals surface area contributed by atoms with Crippen LogP contribution in [0.5, 0.6) is 11.5 Å². The normalized spacial score (nSPS) is 15.7. The molecule has 0 radical (unpaired) electrons. The molecule has 1 atom stereocenters. The van der Waals surface area contributed by atoms with Gasteiger partial charge in [-0.25, -0.2) is 0 Å². The molecule has 5 heteroatoms. The number of aryl methyl sites for hydroxylation is 2. The summed E-state index contributed by atoms with van der Waals surface area (Å²) in [6.07, 6.45) is 0.786. The number of amides is 1. The maximum absolute atomic E-state index is 13.6. The number of ether oxygens (including phenoxy) is 2. The molecule has 3 aromatic rings. The van der Waals surface area contributed by atoms with Gasteiger partial charge in [0.1, 0.15) is 0 Å². The summed E-state index contributed by atoms with van der Waals surface area (Å²) in [5, 5.41) is 2.06. The van der Waals surface area contributed by atoms with Gasteiger partial charge in [-0.05, 0) is 66.6 Å². The van der Waals surface area contributed by atoms with E-state index < -0.39 is 0 Å². The average Bonchev–Trinajstić information content (AvgIpc) is 3.27. The third-order valence-corrected chi connectivity index (χ3v) is 6.50.